The van der Waals surface area contributed by atoms with E-state index in [1.54, 1.807) is 20.8 Å². The van der Waals surface area contributed by atoms with E-state index >= 15 is 0 Å². The predicted molar refractivity (Wildman–Crippen MR) is 61.7 cm³/mol. The zero-order chi connectivity index (χ0) is 13.2. The molecule has 1 aromatic rings. The van der Waals surface area contributed by atoms with E-state index < -0.39 is 18.1 Å². The molecule has 0 atom stereocenters. The Kier molecular flexibility index (Phi) is 4.03. The highest BCUT2D eigenvalue weighted by molar-refractivity contribution is 7.15. The summed E-state index contributed by atoms with van der Waals surface area (Å²) in [4.78, 5) is 15.1. The molecule has 0 aliphatic heterocycles. The molecule has 0 aliphatic rings. The summed E-state index contributed by atoms with van der Waals surface area (Å²) in [6.45, 7) is 6.61. The van der Waals surface area contributed by atoms with Gasteiger partial charge >= 0.3 is 6.09 Å². The smallest absolute Gasteiger partial charge is 0.413 e. The van der Waals surface area contributed by atoms with Gasteiger partial charge in [0.25, 0.3) is 6.43 Å². The van der Waals surface area contributed by atoms with E-state index in [-0.39, 0.29) is 15.7 Å². The Morgan fingerprint density at radius 1 is 1.47 bits per heavy atom. The molecular weight excluding hydrogens is 250 g/mol. The number of carbonyl (C=O) groups is 1. The van der Waals surface area contributed by atoms with Gasteiger partial charge in [-0.1, -0.05) is 11.3 Å². The number of alkyl halides is 2. The van der Waals surface area contributed by atoms with Crippen LogP contribution in [0.3, 0.4) is 0 Å². The van der Waals surface area contributed by atoms with Gasteiger partial charge in [-0.2, -0.15) is 0 Å². The third-order valence-corrected chi connectivity index (χ3v) is 2.72. The van der Waals surface area contributed by atoms with Crippen LogP contribution in [-0.2, 0) is 4.74 Å². The zero-order valence-electron chi connectivity index (χ0n) is 10.0. The van der Waals surface area contributed by atoms with Crippen molar-refractivity contribution in [2.75, 3.05) is 5.32 Å². The summed E-state index contributed by atoms with van der Waals surface area (Å²) in [5, 5.41) is 2.45. The SMILES string of the molecule is Cc1nc(NC(=O)OC(C)(C)C)sc1C(F)F. The van der Waals surface area contributed by atoms with Crippen molar-refractivity contribution in [2.45, 2.75) is 39.7 Å². The second-order valence-corrected chi connectivity index (χ2v) is 5.43. The maximum atomic E-state index is 12.5. The number of hydrogen-bond donors (Lipinski definition) is 1. The summed E-state index contributed by atoms with van der Waals surface area (Å²) < 4.78 is 29.9. The van der Waals surface area contributed by atoms with Crippen molar-refractivity contribution in [3.63, 3.8) is 0 Å². The molecule has 0 spiro atoms. The van der Waals surface area contributed by atoms with Crippen LogP contribution in [0.25, 0.3) is 0 Å². The lowest BCUT2D eigenvalue weighted by Crippen LogP contribution is -2.27. The molecule has 0 unspecified atom stereocenters. The Labute approximate surface area is 102 Å². The minimum absolute atomic E-state index is 0.118. The number of halogens is 2. The summed E-state index contributed by atoms with van der Waals surface area (Å²) in [6, 6.07) is 0. The first-order chi connectivity index (χ1) is 7.69. The van der Waals surface area contributed by atoms with Crippen LogP contribution >= 0.6 is 11.3 Å². The van der Waals surface area contributed by atoms with E-state index in [2.05, 4.69) is 10.3 Å². The van der Waals surface area contributed by atoms with Gasteiger partial charge in [0.15, 0.2) is 5.13 Å². The van der Waals surface area contributed by atoms with Gasteiger partial charge in [-0.05, 0) is 27.7 Å². The van der Waals surface area contributed by atoms with Crippen LogP contribution in [0.15, 0.2) is 0 Å². The second-order valence-electron chi connectivity index (χ2n) is 4.40. The van der Waals surface area contributed by atoms with Crippen molar-refractivity contribution >= 4 is 22.6 Å². The van der Waals surface area contributed by atoms with Crippen molar-refractivity contribution in [3.8, 4) is 0 Å². The molecule has 1 N–H and O–H groups in total. The maximum absolute atomic E-state index is 12.5. The molecular formula is C10H14F2N2O2S. The van der Waals surface area contributed by atoms with E-state index in [1.807, 2.05) is 0 Å². The Bertz CT molecular complexity index is 413. The van der Waals surface area contributed by atoms with Crippen LogP contribution < -0.4 is 5.32 Å². The molecule has 0 radical (unpaired) electrons. The van der Waals surface area contributed by atoms with Crippen LogP contribution in [0, 0.1) is 6.92 Å². The van der Waals surface area contributed by atoms with Gasteiger partial charge in [-0.15, -0.1) is 0 Å². The van der Waals surface area contributed by atoms with Gasteiger partial charge in [-0.3, -0.25) is 5.32 Å². The molecule has 4 nitrogen and oxygen atoms in total. The van der Waals surface area contributed by atoms with E-state index in [9.17, 15) is 13.6 Å². The lowest BCUT2D eigenvalue weighted by molar-refractivity contribution is 0.0636. The van der Waals surface area contributed by atoms with Gasteiger partial charge in [0.05, 0.1) is 10.6 Å². The molecule has 17 heavy (non-hydrogen) atoms. The van der Waals surface area contributed by atoms with Crippen molar-refractivity contribution in [1.82, 2.24) is 4.98 Å². The monoisotopic (exact) mass is 264 g/mol. The van der Waals surface area contributed by atoms with Crippen LogP contribution in [0.5, 0.6) is 0 Å². The van der Waals surface area contributed by atoms with Crippen LogP contribution in [0.1, 0.15) is 37.8 Å². The van der Waals surface area contributed by atoms with Gasteiger partial charge in [0, 0.05) is 0 Å². The minimum Gasteiger partial charge on any atom is -0.444 e. The summed E-state index contributed by atoms with van der Waals surface area (Å²) >= 11 is 0.749. The molecule has 1 heterocycles. The number of rotatable bonds is 2. The molecule has 0 fully saturated rings. The van der Waals surface area contributed by atoms with Crippen molar-refractivity contribution in [1.29, 1.82) is 0 Å². The first kappa shape index (κ1) is 13.8. The number of carbonyl (C=O) groups excluding carboxylic acids is 1. The van der Waals surface area contributed by atoms with Crippen LogP contribution in [0.2, 0.25) is 0 Å². The fourth-order valence-electron chi connectivity index (χ4n) is 1.06. The number of ether oxygens (including phenoxy) is 1. The maximum Gasteiger partial charge on any atom is 0.413 e. The average Bonchev–Trinajstić information content (AvgIpc) is 2.42. The van der Waals surface area contributed by atoms with Crippen molar-refractivity contribution in [2.24, 2.45) is 0 Å². The fraction of sp³-hybridized carbons (Fsp3) is 0.600. The molecule has 0 aliphatic carbocycles. The zero-order valence-corrected chi connectivity index (χ0v) is 10.8. The number of aryl methyl sites for hydroxylation is 1. The number of amides is 1. The van der Waals surface area contributed by atoms with Crippen LogP contribution in [0.4, 0.5) is 18.7 Å². The Hall–Kier alpha value is -1.24. The lowest BCUT2D eigenvalue weighted by atomic mass is 10.2. The molecule has 0 saturated heterocycles. The number of hydrogen-bond acceptors (Lipinski definition) is 4. The number of nitrogens with one attached hydrogen (secondary N) is 1. The van der Waals surface area contributed by atoms with E-state index in [4.69, 9.17) is 4.74 Å². The highest BCUT2D eigenvalue weighted by Gasteiger charge is 2.20. The Morgan fingerprint density at radius 2 is 2.06 bits per heavy atom. The number of aromatic nitrogens is 1. The first-order valence-corrected chi connectivity index (χ1v) is 5.76. The Morgan fingerprint density at radius 3 is 2.47 bits per heavy atom. The summed E-state index contributed by atoms with van der Waals surface area (Å²) in [5.74, 6) is 0. The first-order valence-electron chi connectivity index (χ1n) is 4.94. The lowest BCUT2D eigenvalue weighted by Gasteiger charge is -2.18. The molecule has 7 heteroatoms. The van der Waals surface area contributed by atoms with Crippen molar-refractivity contribution in [3.05, 3.63) is 10.6 Å². The number of nitrogens with zero attached hydrogens (tertiary/aromatic N) is 1. The quantitative estimate of drug-likeness (QED) is 0.885. The van der Waals surface area contributed by atoms with Crippen molar-refractivity contribution < 1.29 is 18.3 Å². The highest BCUT2D eigenvalue weighted by atomic mass is 32.1. The predicted octanol–water partition coefficient (Wildman–Crippen LogP) is 3.74. The number of thiazole rings is 1. The topological polar surface area (TPSA) is 51.2 Å². The molecule has 0 aromatic carbocycles. The fourth-order valence-corrected chi connectivity index (χ4v) is 1.86. The van der Waals surface area contributed by atoms with E-state index in [0.717, 1.165) is 11.3 Å². The molecule has 1 rings (SSSR count). The van der Waals surface area contributed by atoms with E-state index in [1.165, 1.54) is 6.92 Å². The second kappa shape index (κ2) is 4.95. The van der Waals surface area contributed by atoms with Gasteiger partial charge < -0.3 is 4.74 Å². The summed E-state index contributed by atoms with van der Waals surface area (Å²) in [6.07, 6.45) is -3.28. The molecule has 1 amide bonds. The van der Waals surface area contributed by atoms with Gasteiger partial charge in [0.2, 0.25) is 0 Å². The standard InChI is InChI=1S/C10H14F2N2O2S/c1-5-6(7(11)12)17-8(13-5)14-9(15)16-10(2,3)4/h7H,1-4H3,(H,13,14,15). The Balaban J connectivity index is 2.70. The summed E-state index contributed by atoms with van der Waals surface area (Å²) in [5.41, 5.74) is -0.418. The molecule has 96 valence electrons. The third kappa shape index (κ3) is 4.26. The summed E-state index contributed by atoms with van der Waals surface area (Å²) in [7, 11) is 0. The number of anilines is 1. The molecule has 0 bridgehead atoms. The highest BCUT2D eigenvalue weighted by Crippen LogP contribution is 2.31. The van der Waals surface area contributed by atoms with Crippen LogP contribution in [-0.4, -0.2) is 16.7 Å². The normalized spacial score (nSPS) is 11.7. The van der Waals surface area contributed by atoms with Gasteiger partial charge in [-0.25, -0.2) is 18.6 Å². The van der Waals surface area contributed by atoms with E-state index in [0.29, 0.717) is 0 Å². The average molecular weight is 264 g/mol. The molecule has 1 aromatic heterocycles. The minimum atomic E-state index is -2.58. The largest absolute Gasteiger partial charge is 0.444 e. The molecule has 0 saturated carbocycles. The third-order valence-electron chi connectivity index (χ3n) is 1.64. The van der Waals surface area contributed by atoms with Gasteiger partial charge in [0.1, 0.15) is 5.60 Å².